The monoisotopic (exact) mass is 306 g/mol. The third-order valence-corrected chi connectivity index (χ3v) is 4.47. The second-order valence-electron chi connectivity index (χ2n) is 6.03. The fourth-order valence-electron chi connectivity index (χ4n) is 3.24. The zero-order valence-corrected chi connectivity index (χ0v) is 13.2. The molecule has 118 valence electrons. The molecule has 1 saturated heterocycles. The van der Waals surface area contributed by atoms with Crippen molar-refractivity contribution in [1.82, 2.24) is 4.98 Å². The summed E-state index contributed by atoms with van der Waals surface area (Å²) in [6.07, 6.45) is 6.48. The molecule has 1 aromatic carbocycles. The summed E-state index contributed by atoms with van der Waals surface area (Å²) in [4.78, 5) is 5.70. The van der Waals surface area contributed by atoms with Gasteiger partial charge in [-0.3, -0.25) is 4.98 Å². The van der Waals surface area contributed by atoms with Crippen LogP contribution in [-0.4, -0.2) is 18.1 Å². The van der Waals surface area contributed by atoms with Crippen LogP contribution in [0.4, 0.5) is 0 Å². The van der Waals surface area contributed by atoms with Gasteiger partial charge in [0, 0.05) is 24.4 Å². The van der Waals surface area contributed by atoms with Gasteiger partial charge in [-0.15, -0.1) is 5.92 Å². The van der Waals surface area contributed by atoms with Gasteiger partial charge in [-0.1, -0.05) is 36.4 Å². The maximum absolute atomic E-state index is 12.1. The van der Waals surface area contributed by atoms with E-state index in [1.807, 2.05) is 48.8 Å². The third kappa shape index (κ3) is 4.19. The van der Waals surface area contributed by atoms with E-state index in [1.54, 1.807) is 0 Å². The largest absolute Gasteiger partial charge is 0.839 e. The van der Waals surface area contributed by atoms with E-state index in [9.17, 15) is 5.11 Å². The van der Waals surface area contributed by atoms with Gasteiger partial charge in [-0.25, -0.2) is 0 Å². The SMILES string of the molecule is [O-]C(C#CC[NH+]1CCCCC1c1cccnc1)c1ccccc1. The molecule has 0 bridgehead atoms. The lowest BCUT2D eigenvalue weighted by Gasteiger charge is -2.31. The van der Waals surface area contributed by atoms with Gasteiger partial charge in [0.05, 0.1) is 6.54 Å². The number of benzene rings is 1. The number of aromatic nitrogens is 1. The molecule has 3 atom stereocenters. The van der Waals surface area contributed by atoms with Crippen molar-refractivity contribution in [2.45, 2.75) is 31.4 Å². The maximum Gasteiger partial charge on any atom is 0.139 e. The summed E-state index contributed by atoms with van der Waals surface area (Å²) in [5.74, 6) is 6.01. The highest BCUT2D eigenvalue weighted by Crippen LogP contribution is 2.18. The van der Waals surface area contributed by atoms with E-state index in [0.717, 1.165) is 18.7 Å². The van der Waals surface area contributed by atoms with Crippen molar-refractivity contribution < 1.29 is 10.0 Å². The molecular formula is C20H22N2O. The average Bonchev–Trinajstić information content (AvgIpc) is 2.63. The molecule has 0 spiro atoms. The van der Waals surface area contributed by atoms with Gasteiger partial charge in [0.2, 0.25) is 0 Å². The van der Waals surface area contributed by atoms with Gasteiger partial charge in [0.25, 0.3) is 0 Å². The minimum Gasteiger partial charge on any atom is -0.839 e. The molecule has 0 amide bonds. The molecule has 1 N–H and O–H groups in total. The molecule has 0 saturated carbocycles. The lowest BCUT2D eigenvalue weighted by Crippen LogP contribution is -3.13. The number of hydrogen-bond donors (Lipinski definition) is 1. The van der Waals surface area contributed by atoms with E-state index in [2.05, 4.69) is 22.9 Å². The Bertz CT molecular complexity index is 660. The number of rotatable bonds is 3. The first-order valence-corrected chi connectivity index (χ1v) is 8.28. The van der Waals surface area contributed by atoms with Crippen LogP contribution in [-0.2, 0) is 0 Å². The lowest BCUT2D eigenvalue weighted by molar-refractivity contribution is -0.930. The average molecular weight is 306 g/mol. The Morgan fingerprint density at radius 1 is 1.17 bits per heavy atom. The summed E-state index contributed by atoms with van der Waals surface area (Å²) in [6.45, 7) is 1.84. The summed E-state index contributed by atoms with van der Waals surface area (Å²) in [7, 11) is 0. The quantitative estimate of drug-likeness (QED) is 0.868. The second kappa shape index (κ2) is 7.92. The molecule has 1 fully saturated rings. The Balaban J connectivity index is 1.65. The molecule has 3 nitrogen and oxygen atoms in total. The predicted octanol–water partition coefficient (Wildman–Crippen LogP) is 1.30. The van der Waals surface area contributed by atoms with Crippen molar-refractivity contribution in [1.29, 1.82) is 0 Å². The van der Waals surface area contributed by atoms with E-state index in [4.69, 9.17) is 0 Å². The topological polar surface area (TPSA) is 40.4 Å². The van der Waals surface area contributed by atoms with Crippen molar-refractivity contribution in [3.63, 3.8) is 0 Å². The van der Waals surface area contributed by atoms with E-state index in [0.29, 0.717) is 6.04 Å². The number of piperidine rings is 1. The molecular weight excluding hydrogens is 284 g/mol. The molecule has 3 unspecified atom stereocenters. The Morgan fingerprint density at radius 3 is 2.83 bits per heavy atom. The number of pyridine rings is 1. The van der Waals surface area contributed by atoms with Crippen LogP contribution in [0.15, 0.2) is 54.9 Å². The normalized spacial score (nSPS) is 22.0. The zero-order valence-electron chi connectivity index (χ0n) is 13.2. The molecule has 2 aromatic rings. The fraction of sp³-hybridized carbons (Fsp3) is 0.350. The first kappa shape index (κ1) is 15.7. The number of likely N-dealkylation sites (tertiary alicyclic amines) is 1. The van der Waals surface area contributed by atoms with Crippen molar-refractivity contribution in [2.75, 3.05) is 13.1 Å². The van der Waals surface area contributed by atoms with Gasteiger partial charge >= 0.3 is 0 Å². The van der Waals surface area contributed by atoms with Gasteiger partial charge in [0.1, 0.15) is 12.6 Å². The molecule has 0 radical (unpaired) electrons. The van der Waals surface area contributed by atoms with Crippen molar-refractivity contribution >= 4 is 0 Å². The van der Waals surface area contributed by atoms with Gasteiger partial charge in [0.15, 0.2) is 0 Å². The Labute approximate surface area is 138 Å². The standard InChI is InChI=1S/C20H21N2O/c23-20(17-8-2-1-3-9-17)12-7-15-22-14-5-4-11-19(22)18-10-6-13-21-16-18/h1-3,6,8-10,13,16,19-20H,4-5,11,14-15H2/q-1/p+1. The predicted molar refractivity (Wildman–Crippen MR) is 88.5 cm³/mol. The van der Waals surface area contributed by atoms with Crippen molar-refractivity contribution in [3.8, 4) is 11.8 Å². The Hall–Kier alpha value is -2.15. The van der Waals surface area contributed by atoms with Crippen LogP contribution >= 0.6 is 0 Å². The number of nitrogens with zero attached hydrogens (tertiary/aromatic N) is 1. The molecule has 23 heavy (non-hydrogen) atoms. The fourth-order valence-corrected chi connectivity index (χ4v) is 3.24. The highest BCUT2D eigenvalue weighted by Gasteiger charge is 2.26. The highest BCUT2D eigenvalue weighted by atomic mass is 16.3. The first-order valence-electron chi connectivity index (χ1n) is 8.28. The summed E-state index contributed by atoms with van der Waals surface area (Å²) in [5, 5.41) is 12.1. The molecule has 3 heteroatoms. The minimum atomic E-state index is -0.947. The maximum atomic E-state index is 12.1. The number of nitrogens with one attached hydrogen (secondary N) is 1. The van der Waals surface area contributed by atoms with Crippen LogP contribution in [0.25, 0.3) is 0 Å². The summed E-state index contributed by atoms with van der Waals surface area (Å²) < 4.78 is 0. The van der Waals surface area contributed by atoms with Crippen LogP contribution in [0.3, 0.4) is 0 Å². The molecule has 3 rings (SSSR count). The van der Waals surface area contributed by atoms with Crippen LogP contribution < -0.4 is 10.0 Å². The second-order valence-corrected chi connectivity index (χ2v) is 6.03. The molecule has 1 aromatic heterocycles. The number of hydrogen-bond acceptors (Lipinski definition) is 2. The van der Waals surface area contributed by atoms with E-state index < -0.39 is 6.10 Å². The van der Waals surface area contributed by atoms with E-state index in [-0.39, 0.29) is 0 Å². The lowest BCUT2D eigenvalue weighted by atomic mass is 9.96. The molecule has 2 heterocycles. The van der Waals surface area contributed by atoms with Crippen LogP contribution in [0.1, 0.15) is 42.5 Å². The van der Waals surface area contributed by atoms with Crippen molar-refractivity contribution in [3.05, 3.63) is 66.0 Å². The van der Waals surface area contributed by atoms with Gasteiger partial charge in [-0.2, -0.15) is 0 Å². The first-order chi connectivity index (χ1) is 11.3. The number of quaternary nitrogens is 1. The zero-order chi connectivity index (χ0) is 15.9. The summed E-state index contributed by atoms with van der Waals surface area (Å²) in [6, 6.07) is 14.0. The highest BCUT2D eigenvalue weighted by molar-refractivity contribution is 5.24. The summed E-state index contributed by atoms with van der Waals surface area (Å²) in [5.41, 5.74) is 2.03. The van der Waals surface area contributed by atoms with E-state index in [1.165, 1.54) is 29.7 Å². The van der Waals surface area contributed by atoms with Crippen LogP contribution in [0.2, 0.25) is 0 Å². The van der Waals surface area contributed by atoms with Gasteiger partial charge < -0.3 is 10.0 Å². The van der Waals surface area contributed by atoms with Crippen LogP contribution in [0, 0.1) is 11.8 Å². The Morgan fingerprint density at radius 2 is 2.04 bits per heavy atom. The van der Waals surface area contributed by atoms with E-state index >= 15 is 0 Å². The third-order valence-electron chi connectivity index (χ3n) is 4.47. The molecule has 1 aliphatic heterocycles. The minimum absolute atomic E-state index is 0.452. The van der Waals surface area contributed by atoms with Crippen molar-refractivity contribution in [2.24, 2.45) is 0 Å². The Kier molecular flexibility index (Phi) is 5.42. The molecule has 0 aliphatic carbocycles. The molecule has 1 aliphatic rings. The van der Waals surface area contributed by atoms with Crippen LogP contribution in [0.5, 0.6) is 0 Å². The smallest absolute Gasteiger partial charge is 0.139 e. The summed E-state index contributed by atoms with van der Waals surface area (Å²) >= 11 is 0. The van der Waals surface area contributed by atoms with Gasteiger partial charge in [-0.05, 0) is 36.5 Å².